The summed E-state index contributed by atoms with van der Waals surface area (Å²) in [4.78, 5) is 13.4. The molecule has 2 saturated heterocycles. The van der Waals surface area contributed by atoms with Gasteiger partial charge in [-0.2, -0.15) is 5.10 Å². The van der Waals surface area contributed by atoms with E-state index in [0.29, 0.717) is 0 Å². The van der Waals surface area contributed by atoms with E-state index in [2.05, 4.69) is 5.10 Å². The summed E-state index contributed by atoms with van der Waals surface area (Å²) in [7, 11) is 0. The second-order valence-electron chi connectivity index (χ2n) is 4.53. The van der Waals surface area contributed by atoms with Crippen LogP contribution in [0.2, 0.25) is 1.41 Å². The first-order chi connectivity index (χ1) is 20.2. The Balaban J connectivity index is 2.13. The zero-order valence-corrected chi connectivity index (χ0v) is 11.3. The summed E-state index contributed by atoms with van der Waals surface area (Å²) >= 11 is 0. The average Bonchev–Trinajstić information content (AvgIpc) is 3.30. The fourth-order valence-corrected chi connectivity index (χ4v) is 2.09. The minimum absolute atomic E-state index is 0.00902. The number of fused-ring (bicyclic) bond motifs is 3. The Morgan fingerprint density at radius 3 is 3.26 bits per heavy atom. The number of carbonyl (C=O) groups excluding carboxylic acids is 1. The molecule has 2 bridgehead atoms. The van der Waals surface area contributed by atoms with Crippen LogP contribution in [0.15, 0.2) is 24.2 Å². The molecule has 5 nitrogen and oxygen atoms in total. The number of benzene rings is 1. The van der Waals surface area contributed by atoms with E-state index in [1.54, 1.807) is 0 Å². The van der Waals surface area contributed by atoms with Gasteiger partial charge in [-0.25, -0.2) is 0 Å². The smallest absolute Gasteiger partial charge is 0.272 e. The third-order valence-electron chi connectivity index (χ3n) is 3.13. The Morgan fingerprint density at radius 2 is 2.39 bits per heavy atom. The predicted octanol–water partition coefficient (Wildman–Crippen LogP) is 2.32. The normalized spacial score (nSPS) is 61.0. The molecule has 2 aliphatic heterocycles. The molecular weight excluding hydrogens is 288 g/mol. The number of piperidine rings is 2. The van der Waals surface area contributed by atoms with E-state index < -0.39 is 121 Å². The van der Waals surface area contributed by atoms with Crippen LogP contribution >= 0.6 is 0 Å². The van der Waals surface area contributed by atoms with E-state index in [9.17, 15) is 4.79 Å². The van der Waals surface area contributed by atoms with Gasteiger partial charge in [-0.1, -0.05) is 24.5 Å². The minimum atomic E-state index is -4.47. The van der Waals surface area contributed by atoms with Crippen LogP contribution in [0.25, 0.3) is 10.9 Å². The van der Waals surface area contributed by atoms with Crippen molar-refractivity contribution in [2.24, 2.45) is 6.98 Å². The monoisotopic (exact) mass is 335 g/mol. The van der Waals surface area contributed by atoms with Gasteiger partial charge in [0.15, 0.2) is 7.11 Å². The third kappa shape index (κ3) is 2.53. The Bertz CT molecular complexity index is 1640. The first-order valence-corrected chi connectivity index (χ1v) is 6.30. The van der Waals surface area contributed by atoms with Gasteiger partial charge in [-0.05, 0) is 38.5 Å². The lowest BCUT2D eigenvalue weighted by Crippen LogP contribution is -2.55. The summed E-state index contributed by atoms with van der Waals surface area (Å²) in [5, 5.41) is 1.62. The molecule has 1 amide bonds. The van der Waals surface area contributed by atoms with Gasteiger partial charge in [-0.3, -0.25) is 9.48 Å². The highest BCUT2D eigenvalue weighted by Crippen LogP contribution is 2.32. The summed E-state index contributed by atoms with van der Waals surface area (Å²) < 4.78 is 191. The van der Waals surface area contributed by atoms with Crippen LogP contribution in [0, 0.1) is 0 Å². The number of hydrogen-bond acceptors (Lipinski definition) is 3. The number of nitrogens with one attached hydrogen (secondary N) is 1. The minimum Gasteiger partial charge on any atom is -0.348 e. The van der Waals surface area contributed by atoms with Crippen LogP contribution in [0.4, 0.5) is 0 Å². The molecule has 3 atom stereocenters. The predicted molar refractivity (Wildman–Crippen MR) is 90.4 cm³/mol. The van der Waals surface area contributed by atoms with Gasteiger partial charge < -0.3 is 10.2 Å². The van der Waals surface area contributed by atoms with Gasteiger partial charge in [0, 0.05) is 53.7 Å². The van der Waals surface area contributed by atoms with Crippen LogP contribution < -0.4 is 5.31 Å². The Kier molecular flexibility index (Phi) is 0.944. The number of carbonyl (C=O) groups is 1. The number of aryl methyl sites for hydroxylation is 1. The maximum Gasteiger partial charge on any atom is 0.272 e. The zero-order chi connectivity index (χ0) is 36.1. The first-order valence-electron chi connectivity index (χ1n) is 17.8. The second kappa shape index (κ2) is 5.64. The highest BCUT2D eigenvalue weighted by atomic mass is 16.2. The number of aromatic nitrogens is 2. The molecule has 122 valence electrons. The molecule has 23 heavy (non-hydrogen) atoms. The van der Waals surface area contributed by atoms with Crippen molar-refractivity contribution in [1.82, 2.24) is 20.0 Å². The number of rotatable bonds is 2. The summed E-state index contributed by atoms with van der Waals surface area (Å²) in [6, 6.07) is -16.1. The lowest BCUT2D eigenvalue weighted by Gasteiger charge is -2.47. The van der Waals surface area contributed by atoms with Crippen molar-refractivity contribution in [2.75, 3.05) is 6.98 Å². The molecule has 0 spiro atoms. The quantitative estimate of drug-likeness (QED) is 0.916. The summed E-state index contributed by atoms with van der Waals surface area (Å²) in [5.74, 6) is -2.14. The standard InChI is InChI=1S/C18H24N4O/c1-21-13-6-5-7-14(21)11-12(10-13)19-18(23)17-15-8-3-4-9-16(15)22(2)20-17/h3-4,8-9,12-14H,5-7,10-11H2,1-2H3,(H,19,23)/t13-,14-/m1/s1/i1D3,2D3,3D,4D,5D2,6D2,7D2,8D,9D,10D2,11D2,12D,13D/hD/t12?,13-,14-. The zero-order valence-electron chi connectivity index (χ0n) is 34.3. The Hall–Kier alpha value is -1.88. The van der Waals surface area contributed by atoms with Crippen molar-refractivity contribution in [1.29, 1.82) is 0 Å². The molecule has 3 heterocycles. The van der Waals surface area contributed by atoms with Gasteiger partial charge in [0.2, 0.25) is 0 Å². The van der Waals surface area contributed by atoms with Crippen LogP contribution in [-0.4, -0.2) is 45.6 Å². The largest absolute Gasteiger partial charge is 0.348 e. The van der Waals surface area contributed by atoms with Crippen LogP contribution in [0.3, 0.4) is 0 Å². The molecule has 5 heteroatoms. The lowest BCUT2D eigenvalue weighted by molar-refractivity contribution is 0.0462. The maximum atomic E-state index is 13.9. The summed E-state index contributed by atoms with van der Waals surface area (Å²) in [6.45, 7) is -7.31. The highest BCUT2D eigenvalue weighted by molar-refractivity contribution is 6.04. The molecule has 1 N–H and O–H groups in total. The molecule has 0 radical (unpaired) electrons. The van der Waals surface area contributed by atoms with Crippen molar-refractivity contribution in [3.8, 4) is 0 Å². The second-order valence-corrected chi connectivity index (χ2v) is 4.53. The number of amides is 1. The van der Waals surface area contributed by atoms with E-state index in [1.165, 1.54) is 0 Å². The van der Waals surface area contributed by atoms with E-state index in [4.69, 9.17) is 31.6 Å². The topological polar surface area (TPSA) is 50.2 Å². The SMILES string of the molecule is [2H]c1c([2H])c([2H])c2c(c(C(=O)N([2H])C3([2H])C([2H])([2H])[C@@H]4N(C([2H])([2H])[2H])[C@]([2H])(C([2H])([2H])C([2H])([2H])C4([2H])[2H])C3([2H])[2H])nn2C([2H])([2H])[2H])c1[2H]. The van der Waals surface area contributed by atoms with Crippen molar-refractivity contribution < 1.29 is 36.4 Å². The fourth-order valence-electron chi connectivity index (χ4n) is 2.09. The number of nitrogens with zero attached hydrogens (tertiary/aromatic N) is 3. The van der Waals surface area contributed by atoms with E-state index in [0.717, 1.165) is 0 Å². The average molecular weight is 336 g/mol. The first kappa shape index (κ1) is 3.85. The lowest BCUT2D eigenvalue weighted by atomic mass is 9.82. The van der Waals surface area contributed by atoms with Crippen molar-refractivity contribution in [3.63, 3.8) is 0 Å². The van der Waals surface area contributed by atoms with Crippen molar-refractivity contribution >= 4 is 16.8 Å². The maximum absolute atomic E-state index is 13.9. The van der Waals surface area contributed by atoms with Crippen molar-refractivity contribution in [2.45, 2.75) is 49.9 Å². The van der Waals surface area contributed by atoms with Gasteiger partial charge >= 0.3 is 0 Å². The molecule has 1 unspecified atom stereocenters. The molecule has 1 aromatic heterocycles. The third-order valence-corrected chi connectivity index (χ3v) is 3.13. The fraction of sp³-hybridized carbons (Fsp3) is 0.556. The van der Waals surface area contributed by atoms with E-state index >= 15 is 0 Å². The highest BCUT2D eigenvalue weighted by Gasteiger charge is 2.36. The Labute approximate surface area is 169 Å². The van der Waals surface area contributed by atoms with Gasteiger partial charge in [0.1, 0.15) is 0 Å². The van der Waals surface area contributed by atoms with Gasteiger partial charge in [0.05, 0.1) is 12.4 Å². The van der Waals surface area contributed by atoms with Crippen molar-refractivity contribution in [3.05, 3.63) is 29.9 Å². The summed E-state index contributed by atoms with van der Waals surface area (Å²) in [6.07, 6.45) is -21.0. The number of para-hydroxylation sites is 1. The molecule has 2 aliphatic rings. The molecule has 1 aromatic carbocycles. The molecule has 2 aromatic rings. The molecule has 2 fully saturated rings. The molecular formula is C18H24N4O. The van der Waals surface area contributed by atoms with Crippen LogP contribution in [0.5, 0.6) is 0 Å². The number of hydrogen-bond donors (Lipinski definition) is 1. The van der Waals surface area contributed by atoms with E-state index in [-0.39, 0.29) is 4.68 Å². The van der Waals surface area contributed by atoms with E-state index in [1.807, 2.05) is 0 Å². The molecule has 4 rings (SSSR count). The van der Waals surface area contributed by atoms with Crippen LogP contribution in [-0.2, 0) is 6.98 Å². The molecule has 0 aliphatic carbocycles. The van der Waals surface area contributed by atoms with Crippen LogP contribution in [0.1, 0.15) is 72.5 Å². The molecule has 0 saturated carbocycles. The Morgan fingerprint density at radius 1 is 1.48 bits per heavy atom. The summed E-state index contributed by atoms with van der Waals surface area (Å²) in [5.41, 5.74) is -2.28. The van der Waals surface area contributed by atoms with Gasteiger partial charge in [-0.15, -0.1) is 0 Å². The van der Waals surface area contributed by atoms with Gasteiger partial charge in [0.25, 0.3) is 5.91 Å².